The van der Waals surface area contributed by atoms with Gasteiger partial charge >= 0.3 is 0 Å². The number of aromatic nitrogens is 1. The normalized spacial score (nSPS) is 20.1. The first-order valence-electron chi connectivity index (χ1n) is 13.4. The highest BCUT2D eigenvalue weighted by atomic mass is 32.2. The second kappa shape index (κ2) is 13.2. The van der Waals surface area contributed by atoms with Crippen molar-refractivity contribution < 1.29 is 32.0 Å². The standard InChI is InChI=1S/C28H31FN4O6S2/c29-22-9-7-21(8-10-22)24-11-13-27(40-24)41(36,37)33-16-15-32(25(34)12-6-20-4-3-14-30-18-20)19-23(33)28(35)31-39-26-5-1-2-17-38-26/h3-4,7-11,13-14,18,23,26H,1-2,5-6,12,15-17,19H2,(H,31,35). The summed E-state index contributed by atoms with van der Waals surface area (Å²) < 4.78 is 47.7. The van der Waals surface area contributed by atoms with E-state index in [1.54, 1.807) is 36.7 Å². The first-order chi connectivity index (χ1) is 19.8. The van der Waals surface area contributed by atoms with Gasteiger partial charge in [0.1, 0.15) is 16.1 Å². The van der Waals surface area contributed by atoms with Crippen molar-refractivity contribution in [2.45, 2.75) is 48.6 Å². The Bertz CT molecular complexity index is 1450. The minimum absolute atomic E-state index is 0.0440. The number of sulfonamides is 1. The largest absolute Gasteiger partial charge is 0.350 e. The number of piperazine rings is 1. The van der Waals surface area contributed by atoms with E-state index in [9.17, 15) is 22.4 Å². The summed E-state index contributed by atoms with van der Waals surface area (Å²) in [6, 6.07) is 11.4. The van der Waals surface area contributed by atoms with Crippen LogP contribution in [0.3, 0.4) is 0 Å². The molecule has 2 amide bonds. The topological polar surface area (TPSA) is 118 Å². The second-order valence-corrected chi connectivity index (χ2v) is 13.0. The molecular formula is C28H31FN4O6S2. The molecule has 2 aliphatic rings. The molecule has 0 saturated carbocycles. The zero-order valence-corrected chi connectivity index (χ0v) is 23.9. The highest BCUT2D eigenvalue weighted by molar-refractivity contribution is 7.91. The van der Waals surface area contributed by atoms with Crippen LogP contribution in [-0.4, -0.2) is 73.0 Å². The average Bonchev–Trinajstić information content (AvgIpc) is 3.51. The molecule has 0 aliphatic carbocycles. The fourth-order valence-corrected chi connectivity index (χ4v) is 7.80. The predicted octanol–water partition coefficient (Wildman–Crippen LogP) is 3.36. The van der Waals surface area contributed by atoms with Crippen molar-refractivity contribution in [3.05, 3.63) is 72.3 Å². The van der Waals surface area contributed by atoms with Gasteiger partial charge in [0.25, 0.3) is 15.9 Å². The molecular weight excluding hydrogens is 571 g/mol. The van der Waals surface area contributed by atoms with Crippen LogP contribution in [0.1, 0.15) is 31.2 Å². The molecule has 0 bridgehead atoms. The van der Waals surface area contributed by atoms with Crippen molar-refractivity contribution in [3.8, 4) is 10.4 Å². The van der Waals surface area contributed by atoms with E-state index in [-0.39, 0.29) is 42.0 Å². The summed E-state index contributed by atoms with van der Waals surface area (Å²) in [5.41, 5.74) is 3.97. The smallest absolute Gasteiger partial charge is 0.263 e. The Morgan fingerprint density at radius 2 is 1.95 bits per heavy atom. The summed E-state index contributed by atoms with van der Waals surface area (Å²) in [7, 11) is -4.12. The number of hydrogen-bond acceptors (Lipinski definition) is 8. The second-order valence-electron chi connectivity index (χ2n) is 9.84. The summed E-state index contributed by atoms with van der Waals surface area (Å²) in [5, 5.41) is 0. The van der Waals surface area contributed by atoms with Gasteiger partial charge in [-0.2, -0.15) is 4.31 Å². The molecule has 2 aliphatic heterocycles. The number of amides is 2. The predicted molar refractivity (Wildman–Crippen MR) is 149 cm³/mol. The molecule has 13 heteroatoms. The van der Waals surface area contributed by atoms with Crippen LogP contribution < -0.4 is 5.48 Å². The fraction of sp³-hybridized carbons (Fsp3) is 0.393. The van der Waals surface area contributed by atoms with Gasteiger partial charge in [-0.1, -0.05) is 18.2 Å². The molecule has 2 atom stereocenters. The Hall–Kier alpha value is -3.23. The van der Waals surface area contributed by atoms with E-state index >= 15 is 0 Å². The number of nitrogens with one attached hydrogen (secondary N) is 1. The molecule has 2 unspecified atom stereocenters. The van der Waals surface area contributed by atoms with E-state index in [0.29, 0.717) is 29.9 Å². The number of benzene rings is 1. The van der Waals surface area contributed by atoms with Crippen LogP contribution in [0.5, 0.6) is 0 Å². The Balaban J connectivity index is 1.33. The van der Waals surface area contributed by atoms with Crippen molar-refractivity contribution in [2.24, 2.45) is 0 Å². The van der Waals surface area contributed by atoms with E-state index in [2.05, 4.69) is 10.5 Å². The lowest BCUT2D eigenvalue weighted by Crippen LogP contribution is -2.61. The van der Waals surface area contributed by atoms with Gasteiger partial charge in [0, 0.05) is 56.4 Å². The third-order valence-corrected chi connectivity index (χ3v) is 10.5. The van der Waals surface area contributed by atoms with Gasteiger partial charge in [-0.25, -0.2) is 23.1 Å². The number of hydroxylamine groups is 1. The zero-order valence-electron chi connectivity index (χ0n) is 22.3. The van der Waals surface area contributed by atoms with Crippen LogP contribution in [0.2, 0.25) is 0 Å². The van der Waals surface area contributed by atoms with Crippen molar-refractivity contribution >= 4 is 33.2 Å². The van der Waals surface area contributed by atoms with Gasteiger partial charge in [0.15, 0.2) is 6.29 Å². The summed E-state index contributed by atoms with van der Waals surface area (Å²) in [6.45, 7) is 0.459. The van der Waals surface area contributed by atoms with E-state index in [0.717, 1.165) is 34.0 Å². The van der Waals surface area contributed by atoms with E-state index in [1.165, 1.54) is 23.1 Å². The van der Waals surface area contributed by atoms with Crippen LogP contribution in [-0.2, 0) is 35.6 Å². The third-order valence-electron chi connectivity index (χ3n) is 7.04. The van der Waals surface area contributed by atoms with Crippen molar-refractivity contribution in [1.82, 2.24) is 19.7 Å². The summed E-state index contributed by atoms with van der Waals surface area (Å²) >= 11 is 1.03. The molecule has 218 valence electrons. The molecule has 4 heterocycles. The number of hydrogen-bond donors (Lipinski definition) is 1. The summed E-state index contributed by atoms with van der Waals surface area (Å²) in [4.78, 5) is 38.1. The Labute approximate surface area is 242 Å². The van der Waals surface area contributed by atoms with Crippen LogP contribution in [0, 0.1) is 5.82 Å². The monoisotopic (exact) mass is 602 g/mol. The molecule has 0 radical (unpaired) electrons. The van der Waals surface area contributed by atoms with Gasteiger partial charge in [0.05, 0.1) is 0 Å². The summed E-state index contributed by atoms with van der Waals surface area (Å²) in [5.74, 6) is -1.25. The molecule has 5 rings (SSSR count). The van der Waals surface area contributed by atoms with E-state index in [1.807, 2.05) is 6.07 Å². The first kappa shape index (κ1) is 29.3. The molecule has 41 heavy (non-hydrogen) atoms. The highest BCUT2D eigenvalue weighted by Crippen LogP contribution is 2.34. The number of pyridine rings is 1. The maximum atomic E-state index is 13.8. The first-order valence-corrected chi connectivity index (χ1v) is 15.7. The maximum absolute atomic E-state index is 13.8. The molecule has 1 aromatic carbocycles. The quantitative estimate of drug-likeness (QED) is 0.373. The molecule has 10 nitrogen and oxygen atoms in total. The number of nitrogens with zero attached hydrogens (tertiary/aromatic N) is 3. The fourth-order valence-electron chi connectivity index (χ4n) is 4.79. The number of rotatable bonds is 9. The van der Waals surface area contributed by atoms with Gasteiger partial charge < -0.3 is 9.64 Å². The minimum Gasteiger partial charge on any atom is -0.350 e. The van der Waals surface area contributed by atoms with E-state index in [4.69, 9.17) is 9.57 Å². The number of thiophene rings is 1. The lowest BCUT2D eigenvalue weighted by Gasteiger charge is -2.39. The highest BCUT2D eigenvalue weighted by Gasteiger charge is 2.42. The van der Waals surface area contributed by atoms with Crippen LogP contribution >= 0.6 is 11.3 Å². The lowest BCUT2D eigenvalue weighted by molar-refractivity contribution is -0.202. The number of aryl methyl sites for hydroxylation is 1. The number of halogens is 1. The van der Waals surface area contributed by atoms with Gasteiger partial charge in [-0.3, -0.25) is 14.6 Å². The maximum Gasteiger partial charge on any atom is 0.263 e. The summed E-state index contributed by atoms with van der Waals surface area (Å²) in [6.07, 6.45) is 5.81. The van der Waals surface area contributed by atoms with E-state index < -0.39 is 28.3 Å². The van der Waals surface area contributed by atoms with Crippen molar-refractivity contribution in [3.63, 3.8) is 0 Å². The Morgan fingerprint density at radius 1 is 1.12 bits per heavy atom. The minimum atomic E-state index is -4.12. The Kier molecular flexibility index (Phi) is 9.40. The lowest BCUT2D eigenvalue weighted by atomic mass is 10.1. The average molecular weight is 603 g/mol. The molecule has 2 fully saturated rings. The van der Waals surface area contributed by atoms with Crippen LogP contribution in [0.15, 0.2) is 65.1 Å². The van der Waals surface area contributed by atoms with Crippen molar-refractivity contribution in [1.29, 1.82) is 0 Å². The molecule has 3 aromatic rings. The zero-order chi connectivity index (χ0) is 28.8. The number of carbonyl (C=O) groups is 2. The molecule has 1 N–H and O–H groups in total. The van der Waals surface area contributed by atoms with Crippen LogP contribution in [0.25, 0.3) is 10.4 Å². The molecule has 0 spiro atoms. The van der Waals surface area contributed by atoms with Crippen molar-refractivity contribution in [2.75, 3.05) is 26.2 Å². The van der Waals surface area contributed by atoms with Gasteiger partial charge in [-0.05, 0) is 60.7 Å². The SMILES string of the molecule is O=C(NOC1CCCCO1)C1CN(C(=O)CCc2cccnc2)CCN1S(=O)(=O)c1ccc(-c2ccc(F)cc2)s1. The molecule has 2 aromatic heterocycles. The number of carbonyl (C=O) groups excluding carboxylic acids is 2. The van der Waals surface area contributed by atoms with Crippen LogP contribution in [0.4, 0.5) is 4.39 Å². The molecule has 2 saturated heterocycles. The third kappa shape index (κ3) is 7.16. The van der Waals surface area contributed by atoms with Gasteiger partial charge in [0.2, 0.25) is 5.91 Å². The number of ether oxygens (including phenoxy) is 1. The Morgan fingerprint density at radius 3 is 2.68 bits per heavy atom. The van der Waals surface area contributed by atoms with Gasteiger partial charge in [-0.15, -0.1) is 11.3 Å².